The van der Waals surface area contributed by atoms with Crippen LogP contribution in [0.3, 0.4) is 0 Å². The molecule has 29 heavy (non-hydrogen) atoms. The first kappa shape index (κ1) is 18.7. The van der Waals surface area contributed by atoms with Crippen LogP contribution in [0, 0.1) is 25.2 Å². The molecule has 3 aromatic rings. The van der Waals surface area contributed by atoms with E-state index in [1.54, 1.807) is 6.20 Å². The molecule has 0 bridgehead atoms. The van der Waals surface area contributed by atoms with Gasteiger partial charge < -0.3 is 9.47 Å². The molecule has 0 saturated heterocycles. The van der Waals surface area contributed by atoms with Gasteiger partial charge in [0.15, 0.2) is 5.78 Å². The molecule has 1 aliphatic heterocycles. The van der Waals surface area contributed by atoms with E-state index in [4.69, 9.17) is 14.7 Å². The summed E-state index contributed by atoms with van der Waals surface area (Å²) in [7, 11) is 0. The van der Waals surface area contributed by atoms with Crippen molar-refractivity contribution in [3.63, 3.8) is 0 Å². The second-order valence-corrected chi connectivity index (χ2v) is 7.14. The van der Waals surface area contributed by atoms with Crippen LogP contribution in [0.5, 0.6) is 17.4 Å². The molecule has 0 fully saturated rings. The van der Waals surface area contributed by atoms with E-state index < -0.39 is 0 Å². The fraction of sp³-hybridized carbons (Fsp3) is 0.208. The minimum Gasteiger partial charge on any atom is -0.492 e. The molecule has 0 atom stereocenters. The molecular formula is C24H20N2O3. The number of rotatable bonds is 4. The van der Waals surface area contributed by atoms with Crippen molar-refractivity contribution >= 4 is 5.78 Å². The Bertz CT molecular complexity index is 1130. The lowest BCUT2D eigenvalue weighted by Crippen LogP contribution is -2.17. The number of nitriles is 1. The quantitative estimate of drug-likeness (QED) is 0.638. The molecule has 0 saturated carbocycles. The van der Waals surface area contributed by atoms with Crippen LogP contribution in [0.1, 0.15) is 44.6 Å². The number of nitrogens with zero attached hydrogens (tertiary/aromatic N) is 2. The summed E-state index contributed by atoms with van der Waals surface area (Å²) in [5.74, 6) is 1.87. The molecule has 0 N–H and O–H groups in total. The standard InChI is InChI=1S/C24H20N2O3/c1-15-11-20-21(27)8-10-28-24(20)16(2)23(15)29-22-13-19(7-9-26-22)12-17-3-5-18(14-25)6-4-17/h3-7,9,11,13H,8,10,12H2,1-2H3. The van der Waals surface area contributed by atoms with Gasteiger partial charge in [0.2, 0.25) is 5.88 Å². The van der Waals surface area contributed by atoms with Gasteiger partial charge >= 0.3 is 0 Å². The van der Waals surface area contributed by atoms with Gasteiger partial charge in [-0.05, 0) is 61.2 Å². The molecule has 0 unspecified atom stereocenters. The molecule has 144 valence electrons. The van der Waals surface area contributed by atoms with E-state index in [-0.39, 0.29) is 5.78 Å². The zero-order chi connectivity index (χ0) is 20.4. The summed E-state index contributed by atoms with van der Waals surface area (Å²) in [6.07, 6.45) is 2.84. The van der Waals surface area contributed by atoms with Crippen molar-refractivity contribution in [1.82, 2.24) is 4.98 Å². The summed E-state index contributed by atoms with van der Waals surface area (Å²) in [4.78, 5) is 16.5. The number of hydrogen-bond donors (Lipinski definition) is 0. The Morgan fingerprint density at radius 1 is 1.14 bits per heavy atom. The van der Waals surface area contributed by atoms with Crippen LogP contribution in [0.25, 0.3) is 0 Å². The first-order chi connectivity index (χ1) is 14.0. The van der Waals surface area contributed by atoms with Gasteiger partial charge in [0.1, 0.15) is 11.5 Å². The minimum atomic E-state index is 0.103. The Labute approximate surface area is 169 Å². The maximum Gasteiger partial charge on any atom is 0.219 e. The van der Waals surface area contributed by atoms with Crippen LogP contribution in [0.4, 0.5) is 0 Å². The van der Waals surface area contributed by atoms with E-state index in [2.05, 4.69) is 11.1 Å². The number of ether oxygens (including phenoxy) is 2. The average Bonchev–Trinajstić information content (AvgIpc) is 2.73. The van der Waals surface area contributed by atoms with Gasteiger partial charge in [-0.2, -0.15) is 5.26 Å². The van der Waals surface area contributed by atoms with Crippen LogP contribution >= 0.6 is 0 Å². The molecule has 1 aromatic heterocycles. The number of aromatic nitrogens is 1. The molecule has 0 aliphatic carbocycles. The van der Waals surface area contributed by atoms with E-state index in [0.29, 0.717) is 48.0 Å². The fourth-order valence-corrected chi connectivity index (χ4v) is 3.53. The van der Waals surface area contributed by atoms with Gasteiger partial charge in [-0.3, -0.25) is 4.79 Å². The molecular weight excluding hydrogens is 364 g/mol. The van der Waals surface area contributed by atoms with Gasteiger partial charge in [-0.15, -0.1) is 0 Å². The second-order valence-electron chi connectivity index (χ2n) is 7.14. The van der Waals surface area contributed by atoms with E-state index in [1.165, 1.54) is 0 Å². The highest BCUT2D eigenvalue weighted by Crippen LogP contribution is 2.39. The summed E-state index contributed by atoms with van der Waals surface area (Å²) in [6, 6.07) is 15.3. The first-order valence-corrected chi connectivity index (χ1v) is 9.47. The average molecular weight is 384 g/mol. The third-order valence-corrected chi connectivity index (χ3v) is 5.02. The molecule has 0 amide bonds. The normalized spacial score (nSPS) is 12.7. The van der Waals surface area contributed by atoms with Gasteiger partial charge in [-0.1, -0.05) is 12.1 Å². The largest absolute Gasteiger partial charge is 0.492 e. The van der Waals surface area contributed by atoms with E-state index in [9.17, 15) is 4.79 Å². The molecule has 0 radical (unpaired) electrons. The van der Waals surface area contributed by atoms with Crippen molar-refractivity contribution in [3.8, 4) is 23.4 Å². The second kappa shape index (κ2) is 7.76. The topological polar surface area (TPSA) is 72.2 Å². The predicted octanol–water partition coefficient (Wildman–Crippen LogP) is 4.92. The Morgan fingerprint density at radius 2 is 1.93 bits per heavy atom. The molecule has 4 rings (SSSR count). The number of benzene rings is 2. The lowest BCUT2D eigenvalue weighted by molar-refractivity contribution is 0.0932. The number of ketones is 1. The zero-order valence-electron chi connectivity index (χ0n) is 16.4. The van der Waals surface area contributed by atoms with Crippen LogP contribution < -0.4 is 9.47 Å². The summed E-state index contributed by atoms with van der Waals surface area (Å²) in [5.41, 5.74) is 5.12. The van der Waals surface area contributed by atoms with Gasteiger partial charge in [0.05, 0.1) is 23.8 Å². The maximum atomic E-state index is 12.2. The monoisotopic (exact) mass is 384 g/mol. The third kappa shape index (κ3) is 3.83. The number of pyridine rings is 1. The molecule has 2 heterocycles. The zero-order valence-corrected chi connectivity index (χ0v) is 16.4. The Balaban J connectivity index is 1.60. The van der Waals surface area contributed by atoms with Gasteiger partial charge in [0, 0.05) is 24.2 Å². The number of carbonyl (C=O) groups excluding carboxylic acids is 1. The summed E-state index contributed by atoms with van der Waals surface area (Å²) in [5, 5.41) is 8.93. The lowest BCUT2D eigenvalue weighted by Gasteiger charge is -2.22. The Morgan fingerprint density at radius 3 is 2.69 bits per heavy atom. The summed E-state index contributed by atoms with van der Waals surface area (Å²) < 4.78 is 11.8. The SMILES string of the molecule is Cc1cc2c(c(C)c1Oc1cc(Cc3ccc(C#N)cc3)ccn1)OCCC2=O. The Kier molecular flexibility index (Phi) is 5.01. The Hall–Kier alpha value is -3.65. The van der Waals surface area contributed by atoms with E-state index >= 15 is 0 Å². The van der Waals surface area contributed by atoms with Crippen LogP contribution in [-0.4, -0.2) is 17.4 Å². The lowest BCUT2D eigenvalue weighted by atomic mass is 9.98. The number of hydrogen-bond acceptors (Lipinski definition) is 5. The number of aryl methyl sites for hydroxylation is 1. The van der Waals surface area contributed by atoms with Crippen molar-refractivity contribution in [2.24, 2.45) is 0 Å². The van der Waals surface area contributed by atoms with E-state index in [1.807, 2.05) is 56.3 Å². The van der Waals surface area contributed by atoms with Crippen molar-refractivity contribution < 1.29 is 14.3 Å². The highest BCUT2D eigenvalue weighted by molar-refractivity contribution is 6.00. The van der Waals surface area contributed by atoms with Gasteiger partial charge in [0.25, 0.3) is 0 Å². The number of carbonyl (C=O) groups is 1. The predicted molar refractivity (Wildman–Crippen MR) is 109 cm³/mol. The number of fused-ring (bicyclic) bond motifs is 1. The van der Waals surface area contributed by atoms with Gasteiger partial charge in [-0.25, -0.2) is 4.98 Å². The molecule has 0 spiro atoms. The summed E-state index contributed by atoms with van der Waals surface area (Å²) >= 11 is 0. The molecule has 5 heteroatoms. The smallest absolute Gasteiger partial charge is 0.219 e. The summed E-state index contributed by atoms with van der Waals surface area (Å²) in [6.45, 7) is 4.22. The molecule has 2 aromatic carbocycles. The van der Waals surface area contributed by atoms with Crippen LogP contribution in [-0.2, 0) is 6.42 Å². The van der Waals surface area contributed by atoms with Crippen molar-refractivity contribution in [1.29, 1.82) is 5.26 Å². The number of Topliss-reactive ketones (excluding diaryl/α,β-unsaturated/α-hetero) is 1. The van der Waals surface area contributed by atoms with Crippen molar-refractivity contribution in [2.75, 3.05) is 6.61 Å². The minimum absolute atomic E-state index is 0.103. The first-order valence-electron chi connectivity index (χ1n) is 9.47. The highest BCUT2D eigenvalue weighted by atomic mass is 16.5. The third-order valence-electron chi connectivity index (χ3n) is 5.02. The van der Waals surface area contributed by atoms with Crippen molar-refractivity contribution in [2.45, 2.75) is 26.7 Å². The van der Waals surface area contributed by atoms with Crippen LogP contribution in [0.2, 0.25) is 0 Å². The maximum absolute atomic E-state index is 12.2. The fourth-order valence-electron chi connectivity index (χ4n) is 3.53. The van der Waals surface area contributed by atoms with Crippen LogP contribution in [0.15, 0.2) is 48.7 Å². The highest BCUT2D eigenvalue weighted by Gasteiger charge is 2.24. The molecule has 5 nitrogen and oxygen atoms in total. The molecule has 1 aliphatic rings. The van der Waals surface area contributed by atoms with E-state index in [0.717, 1.165) is 22.3 Å². The van der Waals surface area contributed by atoms with Crippen molar-refractivity contribution in [3.05, 3.63) is 82.0 Å².